The monoisotopic (exact) mass is 359 g/mol. The van der Waals surface area contributed by atoms with Crippen molar-refractivity contribution in [2.24, 2.45) is 0 Å². The fourth-order valence-electron chi connectivity index (χ4n) is 3.79. The number of anilines is 1. The molecule has 1 aromatic rings. The highest BCUT2D eigenvalue weighted by Crippen LogP contribution is 2.35. The molecule has 4 rings (SSSR count). The Balaban J connectivity index is 1.27. The molecule has 1 saturated carbocycles. The minimum absolute atomic E-state index is 0.142. The van der Waals surface area contributed by atoms with E-state index >= 15 is 0 Å². The third-order valence-corrected chi connectivity index (χ3v) is 5.14. The van der Waals surface area contributed by atoms with Crippen molar-refractivity contribution < 1.29 is 23.9 Å². The minimum atomic E-state index is -0.689. The van der Waals surface area contributed by atoms with Gasteiger partial charge in [0, 0.05) is 24.7 Å². The summed E-state index contributed by atoms with van der Waals surface area (Å²) in [6, 6.07) is 4.86. The Morgan fingerprint density at radius 3 is 2.77 bits per heavy atom. The summed E-state index contributed by atoms with van der Waals surface area (Å²) in [5.74, 6) is 0.939. The van der Waals surface area contributed by atoms with Crippen LogP contribution in [0, 0.1) is 0 Å². The molecule has 138 valence electrons. The maximum atomic E-state index is 12.5. The van der Waals surface area contributed by atoms with Crippen molar-refractivity contribution in [3.05, 3.63) is 18.2 Å². The molecule has 0 bridgehead atoms. The summed E-state index contributed by atoms with van der Waals surface area (Å²) < 4.78 is 10.5. The second-order valence-corrected chi connectivity index (χ2v) is 6.90. The van der Waals surface area contributed by atoms with Gasteiger partial charge >= 0.3 is 6.03 Å². The largest absolute Gasteiger partial charge is 0.454 e. The maximum absolute atomic E-state index is 12.5. The molecule has 1 saturated heterocycles. The number of fused-ring (bicyclic) bond motifs is 1. The number of rotatable bonds is 5. The Bertz CT molecular complexity index is 757. The van der Waals surface area contributed by atoms with Crippen molar-refractivity contribution in [2.45, 2.75) is 44.1 Å². The Labute approximate surface area is 150 Å². The number of ether oxygens (including phenoxy) is 2. The molecule has 1 spiro atoms. The first-order valence-corrected chi connectivity index (χ1v) is 8.91. The van der Waals surface area contributed by atoms with Crippen molar-refractivity contribution >= 4 is 23.5 Å². The summed E-state index contributed by atoms with van der Waals surface area (Å²) in [5.41, 5.74) is -0.0644. The van der Waals surface area contributed by atoms with Crippen LogP contribution in [-0.4, -0.2) is 41.6 Å². The number of urea groups is 1. The molecule has 8 nitrogen and oxygen atoms in total. The van der Waals surface area contributed by atoms with Gasteiger partial charge in [0.05, 0.1) is 0 Å². The molecule has 2 N–H and O–H groups in total. The summed E-state index contributed by atoms with van der Waals surface area (Å²) in [7, 11) is 0. The molecule has 26 heavy (non-hydrogen) atoms. The van der Waals surface area contributed by atoms with Gasteiger partial charge in [-0.3, -0.25) is 14.5 Å². The Hall–Kier alpha value is -2.77. The fourth-order valence-corrected chi connectivity index (χ4v) is 3.79. The molecule has 0 unspecified atom stereocenters. The Morgan fingerprint density at radius 2 is 1.96 bits per heavy atom. The Kier molecular flexibility index (Phi) is 4.18. The first kappa shape index (κ1) is 16.7. The van der Waals surface area contributed by atoms with Crippen LogP contribution >= 0.6 is 0 Å². The van der Waals surface area contributed by atoms with Crippen LogP contribution in [0.5, 0.6) is 11.5 Å². The third kappa shape index (κ3) is 2.95. The third-order valence-electron chi connectivity index (χ3n) is 5.14. The lowest BCUT2D eigenvalue weighted by molar-refractivity contribution is -0.131. The molecule has 0 atom stereocenters. The molecule has 3 aliphatic rings. The SMILES string of the molecule is O=C(CCCN1C(=O)NC2(CCCC2)C1=O)Nc1ccc2c(c1)OCO2. The van der Waals surface area contributed by atoms with Crippen LogP contribution < -0.4 is 20.1 Å². The summed E-state index contributed by atoms with van der Waals surface area (Å²) in [4.78, 5) is 38.0. The maximum Gasteiger partial charge on any atom is 0.325 e. The lowest BCUT2D eigenvalue weighted by atomic mass is 9.98. The molecule has 2 heterocycles. The van der Waals surface area contributed by atoms with Gasteiger partial charge in [0.2, 0.25) is 12.7 Å². The highest BCUT2D eigenvalue weighted by atomic mass is 16.7. The average Bonchev–Trinajstić information content (AvgIpc) is 3.31. The molecular weight excluding hydrogens is 338 g/mol. The van der Waals surface area contributed by atoms with Crippen molar-refractivity contribution in [2.75, 3.05) is 18.7 Å². The second kappa shape index (κ2) is 6.51. The van der Waals surface area contributed by atoms with Gasteiger partial charge in [-0.1, -0.05) is 12.8 Å². The van der Waals surface area contributed by atoms with Crippen LogP contribution in [0.1, 0.15) is 38.5 Å². The van der Waals surface area contributed by atoms with Crippen LogP contribution in [-0.2, 0) is 9.59 Å². The van der Waals surface area contributed by atoms with Gasteiger partial charge in [0.15, 0.2) is 11.5 Å². The number of imide groups is 1. The second-order valence-electron chi connectivity index (χ2n) is 6.90. The highest BCUT2D eigenvalue weighted by Gasteiger charge is 2.51. The molecule has 2 aliphatic heterocycles. The number of nitrogens with zero attached hydrogens (tertiary/aromatic N) is 1. The number of carbonyl (C=O) groups is 3. The van der Waals surface area contributed by atoms with E-state index in [1.54, 1.807) is 18.2 Å². The quantitative estimate of drug-likeness (QED) is 0.784. The van der Waals surface area contributed by atoms with Gasteiger partial charge in [-0.25, -0.2) is 4.79 Å². The predicted octanol–water partition coefficient (Wildman–Crippen LogP) is 2.00. The first-order chi connectivity index (χ1) is 12.6. The number of benzene rings is 1. The van der Waals surface area contributed by atoms with Crippen molar-refractivity contribution in [1.82, 2.24) is 10.2 Å². The standard InChI is InChI=1S/C18H21N3O5/c22-15(19-12-5-6-13-14(10-12)26-11-25-13)4-3-9-21-16(23)18(20-17(21)24)7-1-2-8-18/h5-6,10H,1-4,7-9,11H2,(H,19,22)(H,20,24). The average molecular weight is 359 g/mol. The number of hydrogen-bond acceptors (Lipinski definition) is 5. The van der Waals surface area contributed by atoms with E-state index in [9.17, 15) is 14.4 Å². The number of nitrogens with one attached hydrogen (secondary N) is 2. The molecule has 8 heteroatoms. The smallest absolute Gasteiger partial charge is 0.325 e. The van der Waals surface area contributed by atoms with Crippen LogP contribution in [0.2, 0.25) is 0 Å². The Morgan fingerprint density at radius 1 is 1.19 bits per heavy atom. The summed E-state index contributed by atoms with van der Waals surface area (Å²) in [5, 5.41) is 5.63. The van der Waals surface area contributed by atoms with E-state index in [0.29, 0.717) is 36.4 Å². The van der Waals surface area contributed by atoms with Gasteiger partial charge in [0.25, 0.3) is 5.91 Å². The van der Waals surface area contributed by atoms with E-state index in [1.165, 1.54) is 4.90 Å². The van der Waals surface area contributed by atoms with Crippen LogP contribution in [0.4, 0.5) is 10.5 Å². The first-order valence-electron chi connectivity index (χ1n) is 8.91. The fraction of sp³-hybridized carbons (Fsp3) is 0.500. The number of amides is 4. The number of carbonyl (C=O) groups excluding carboxylic acids is 3. The van der Waals surface area contributed by atoms with Gasteiger partial charge in [-0.2, -0.15) is 0 Å². The predicted molar refractivity (Wildman–Crippen MR) is 91.9 cm³/mol. The lowest BCUT2D eigenvalue weighted by Crippen LogP contribution is -2.44. The van der Waals surface area contributed by atoms with E-state index in [2.05, 4.69) is 10.6 Å². The van der Waals surface area contributed by atoms with Gasteiger partial charge in [-0.05, 0) is 31.4 Å². The zero-order chi connectivity index (χ0) is 18.1. The topological polar surface area (TPSA) is 97.0 Å². The van der Waals surface area contributed by atoms with Gasteiger partial charge < -0.3 is 20.1 Å². The van der Waals surface area contributed by atoms with E-state index in [1.807, 2.05) is 0 Å². The number of hydrogen-bond donors (Lipinski definition) is 2. The van der Waals surface area contributed by atoms with Crippen molar-refractivity contribution in [1.29, 1.82) is 0 Å². The van der Waals surface area contributed by atoms with Crippen molar-refractivity contribution in [3.8, 4) is 11.5 Å². The molecule has 0 radical (unpaired) electrons. The zero-order valence-electron chi connectivity index (χ0n) is 14.4. The van der Waals surface area contributed by atoms with Gasteiger partial charge in [0.1, 0.15) is 5.54 Å². The molecule has 4 amide bonds. The van der Waals surface area contributed by atoms with E-state index in [0.717, 1.165) is 12.8 Å². The van der Waals surface area contributed by atoms with Crippen LogP contribution in [0.25, 0.3) is 0 Å². The zero-order valence-corrected chi connectivity index (χ0v) is 14.4. The summed E-state index contributed by atoms with van der Waals surface area (Å²) >= 11 is 0. The minimum Gasteiger partial charge on any atom is -0.454 e. The lowest BCUT2D eigenvalue weighted by Gasteiger charge is -2.19. The molecule has 1 aliphatic carbocycles. The molecule has 1 aromatic carbocycles. The van der Waals surface area contributed by atoms with Crippen LogP contribution in [0.15, 0.2) is 18.2 Å². The van der Waals surface area contributed by atoms with E-state index in [-0.39, 0.29) is 37.6 Å². The summed E-state index contributed by atoms with van der Waals surface area (Å²) in [6.07, 6.45) is 3.97. The summed E-state index contributed by atoms with van der Waals surface area (Å²) in [6.45, 7) is 0.432. The normalized spacial score (nSPS) is 19.9. The molecule has 2 fully saturated rings. The highest BCUT2D eigenvalue weighted by molar-refractivity contribution is 6.07. The van der Waals surface area contributed by atoms with Crippen molar-refractivity contribution in [3.63, 3.8) is 0 Å². The van der Waals surface area contributed by atoms with E-state index in [4.69, 9.17) is 9.47 Å². The van der Waals surface area contributed by atoms with Gasteiger partial charge in [-0.15, -0.1) is 0 Å². The molecular formula is C18H21N3O5. The van der Waals surface area contributed by atoms with E-state index < -0.39 is 5.54 Å². The molecule has 0 aromatic heterocycles. The van der Waals surface area contributed by atoms with Crippen LogP contribution in [0.3, 0.4) is 0 Å².